The number of anilines is 1. The number of sulfonamides is 1. The monoisotopic (exact) mass is 369 g/mol. The van der Waals surface area contributed by atoms with Crippen LogP contribution in [0.5, 0.6) is 0 Å². The highest BCUT2D eigenvalue weighted by molar-refractivity contribution is 7.98. The van der Waals surface area contributed by atoms with Crippen molar-refractivity contribution in [2.75, 3.05) is 11.6 Å². The molecule has 2 rings (SSSR count). The molecule has 1 heterocycles. The van der Waals surface area contributed by atoms with Gasteiger partial charge in [-0.15, -0.1) is 10.2 Å². The summed E-state index contributed by atoms with van der Waals surface area (Å²) < 4.78 is 29.1. The Morgan fingerprint density at radius 1 is 1.25 bits per heavy atom. The third-order valence-corrected chi connectivity index (χ3v) is 5.28. The Hall–Kier alpha value is -1.91. The lowest BCUT2D eigenvalue weighted by Gasteiger charge is -2.09. The minimum Gasteiger partial charge on any atom is -0.326 e. The number of nitrogens with zero attached hydrogens (tertiary/aromatic N) is 3. The Morgan fingerprint density at radius 3 is 2.46 bits per heavy atom. The summed E-state index contributed by atoms with van der Waals surface area (Å²) in [5.41, 5.74) is 0.539. The lowest BCUT2D eigenvalue weighted by atomic mass is 10.3. The van der Waals surface area contributed by atoms with Gasteiger partial charge in [-0.25, -0.2) is 13.1 Å². The number of benzene rings is 1. The average molecular weight is 369 g/mol. The highest BCUT2D eigenvalue weighted by atomic mass is 32.2. The van der Waals surface area contributed by atoms with Gasteiger partial charge in [0, 0.05) is 19.2 Å². The summed E-state index contributed by atoms with van der Waals surface area (Å²) in [7, 11) is -3.68. The van der Waals surface area contributed by atoms with E-state index in [-0.39, 0.29) is 17.3 Å². The molecule has 0 bridgehead atoms. The molecule has 2 aromatic rings. The lowest BCUT2D eigenvalue weighted by Crippen LogP contribution is -2.25. The molecule has 0 fully saturated rings. The predicted octanol–water partition coefficient (Wildman–Crippen LogP) is 1.46. The van der Waals surface area contributed by atoms with Crippen molar-refractivity contribution in [3.63, 3.8) is 0 Å². The lowest BCUT2D eigenvalue weighted by molar-refractivity contribution is -0.114. The summed E-state index contributed by atoms with van der Waals surface area (Å²) >= 11 is 1.45. The Labute approximate surface area is 145 Å². The van der Waals surface area contributed by atoms with Crippen LogP contribution in [0, 0.1) is 0 Å². The van der Waals surface area contributed by atoms with Gasteiger partial charge in [0.2, 0.25) is 15.9 Å². The van der Waals surface area contributed by atoms with E-state index in [1.54, 1.807) is 0 Å². The minimum atomic E-state index is -3.68. The fraction of sp³-hybridized carbons (Fsp3) is 0.357. The molecule has 1 amide bonds. The molecule has 0 unspecified atom stereocenters. The second-order valence-electron chi connectivity index (χ2n) is 4.88. The van der Waals surface area contributed by atoms with Gasteiger partial charge in [0.25, 0.3) is 0 Å². The number of aromatic nitrogens is 3. The van der Waals surface area contributed by atoms with Gasteiger partial charge in [0.05, 0.1) is 11.4 Å². The quantitative estimate of drug-likeness (QED) is 0.716. The topological polar surface area (TPSA) is 106 Å². The van der Waals surface area contributed by atoms with E-state index >= 15 is 0 Å². The van der Waals surface area contributed by atoms with Gasteiger partial charge in [-0.05, 0) is 37.4 Å². The zero-order valence-corrected chi connectivity index (χ0v) is 15.2. The Balaban J connectivity index is 2.11. The van der Waals surface area contributed by atoms with Gasteiger partial charge >= 0.3 is 0 Å². The van der Waals surface area contributed by atoms with E-state index < -0.39 is 10.0 Å². The van der Waals surface area contributed by atoms with Crippen LogP contribution < -0.4 is 10.0 Å². The first-order valence-electron chi connectivity index (χ1n) is 7.20. The van der Waals surface area contributed by atoms with E-state index in [1.165, 1.54) is 43.0 Å². The molecule has 2 N–H and O–H groups in total. The molecule has 8 nitrogen and oxygen atoms in total. The minimum absolute atomic E-state index is 0.0528. The van der Waals surface area contributed by atoms with E-state index in [0.29, 0.717) is 18.1 Å². The maximum absolute atomic E-state index is 12.4. The van der Waals surface area contributed by atoms with Gasteiger partial charge in [-0.1, -0.05) is 11.8 Å². The average Bonchev–Trinajstić information content (AvgIpc) is 2.95. The van der Waals surface area contributed by atoms with E-state index in [4.69, 9.17) is 0 Å². The molecule has 10 heteroatoms. The maximum atomic E-state index is 12.4. The summed E-state index contributed by atoms with van der Waals surface area (Å²) in [5, 5.41) is 11.4. The first kappa shape index (κ1) is 18.4. The van der Waals surface area contributed by atoms with Crippen molar-refractivity contribution in [1.82, 2.24) is 19.5 Å². The van der Waals surface area contributed by atoms with Crippen molar-refractivity contribution >= 4 is 33.4 Å². The predicted molar refractivity (Wildman–Crippen MR) is 92.2 cm³/mol. The normalized spacial score (nSPS) is 11.5. The van der Waals surface area contributed by atoms with Crippen molar-refractivity contribution in [2.45, 2.75) is 37.0 Å². The highest BCUT2D eigenvalue weighted by Crippen LogP contribution is 2.16. The molecule has 0 radical (unpaired) electrons. The zero-order chi connectivity index (χ0) is 17.7. The van der Waals surface area contributed by atoms with Gasteiger partial charge in [-0.2, -0.15) is 0 Å². The van der Waals surface area contributed by atoms with Crippen LogP contribution in [0.4, 0.5) is 5.69 Å². The van der Waals surface area contributed by atoms with Crippen molar-refractivity contribution < 1.29 is 13.2 Å². The van der Waals surface area contributed by atoms with Crippen LogP contribution in [-0.2, 0) is 27.9 Å². The first-order valence-corrected chi connectivity index (χ1v) is 9.91. The second kappa shape index (κ2) is 7.77. The number of rotatable bonds is 7. The molecule has 0 aliphatic rings. The molecular formula is C14H19N5O3S2. The molecule has 0 spiro atoms. The summed E-state index contributed by atoms with van der Waals surface area (Å²) in [6, 6.07) is 5.95. The van der Waals surface area contributed by atoms with Crippen molar-refractivity contribution in [1.29, 1.82) is 0 Å². The molecule has 0 saturated heterocycles. The fourth-order valence-electron chi connectivity index (χ4n) is 2.08. The molecule has 130 valence electrons. The molecule has 0 aliphatic carbocycles. The third kappa shape index (κ3) is 4.34. The van der Waals surface area contributed by atoms with Crippen LogP contribution in [0.1, 0.15) is 19.7 Å². The van der Waals surface area contributed by atoms with Gasteiger partial charge in [0.1, 0.15) is 5.82 Å². The smallest absolute Gasteiger partial charge is 0.240 e. The van der Waals surface area contributed by atoms with Crippen molar-refractivity contribution in [2.24, 2.45) is 0 Å². The number of hydrogen-bond acceptors (Lipinski definition) is 6. The Morgan fingerprint density at radius 2 is 1.92 bits per heavy atom. The zero-order valence-electron chi connectivity index (χ0n) is 13.6. The number of nitrogens with one attached hydrogen (secondary N) is 2. The van der Waals surface area contributed by atoms with Crippen LogP contribution in [0.15, 0.2) is 34.3 Å². The van der Waals surface area contributed by atoms with Gasteiger partial charge < -0.3 is 9.88 Å². The van der Waals surface area contributed by atoms with Crippen molar-refractivity contribution in [3.8, 4) is 0 Å². The first-order chi connectivity index (χ1) is 11.4. The summed E-state index contributed by atoms with van der Waals surface area (Å²) in [6.07, 6.45) is 1.89. The number of thioether (sulfide) groups is 1. The van der Waals surface area contributed by atoms with E-state index in [2.05, 4.69) is 20.2 Å². The SMILES string of the molecule is CCn1c(CNS(=O)(=O)c2ccc(NC(C)=O)cc2)nnc1SC. The largest absolute Gasteiger partial charge is 0.326 e. The standard InChI is InChI=1S/C14H19N5O3S2/c1-4-19-13(17-18-14(19)23-3)9-15-24(21,22)12-7-5-11(6-8-12)16-10(2)20/h5-8,15H,4,9H2,1-3H3,(H,16,20). The molecular weight excluding hydrogens is 350 g/mol. The van der Waals surface area contributed by atoms with Crippen LogP contribution in [0.25, 0.3) is 0 Å². The molecule has 0 aliphatic heterocycles. The molecule has 1 aromatic carbocycles. The number of carbonyl (C=O) groups excluding carboxylic acids is 1. The van der Waals surface area contributed by atoms with Crippen LogP contribution in [0.2, 0.25) is 0 Å². The van der Waals surface area contributed by atoms with E-state index in [0.717, 1.165) is 5.16 Å². The summed E-state index contributed by atoms with van der Waals surface area (Å²) in [4.78, 5) is 11.1. The van der Waals surface area contributed by atoms with E-state index in [9.17, 15) is 13.2 Å². The van der Waals surface area contributed by atoms with Crippen LogP contribution in [0.3, 0.4) is 0 Å². The number of hydrogen-bond donors (Lipinski definition) is 2. The fourth-order valence-corrected chi connectivity index (χ4v) is 3.64. The second-order valence-corrected chi connectivity index (χ2v) is 7.42. The highest BCUT2D eigenvalue weighted by Gasteiger charge is 2.17. The molecule has 1 aromatic heterocycles. The van der Waals surface area contributed by atoms with Crippen LogP contribution >= 0.6 is 11.8 Å². The van der Waals surface area contributed by atoms with Gasteiger partial charge in [-0.3, -0.25) is 4.79 Å². The number of amides is 1. The van der Waals surface area contributed by atoms with Crippen molar-refractivity contribution in [3.05, 3.63) is 30.1 Å². The molecule has 24 heavy (non-hydrogen) atoms. The van der Waals surface area contributed by atoms with Crippen LogP contribution in [-0.4, -0.2) is 35.3 Å². The molecule has 0 atom stereocenters. The number of carbonyl (C=O) groups is 1. The summed E-state index contributed by atoms with van der Waals surface area (Å²) in [6.45, 7) is 4.05. The Kier molecular flexibility index (Phi) is 5.97. The summed E-state index contributed by atoms with van der Waals surface area (Å²) in [5.74, 6) is 0.340. The molecule has 0 saturated carbocycles. The van der Waals surface area contributed by atoms with E-state index in [1.807, 2.05) is 17.7 Å². The maximum Gasteiger partial charge on any atom is 0.240 e. The third-order valence-electron chi connectivity index (χ3n) is 3.20. The Bertz CT molecular complexity index is 815. The van der Waals surface area contributed by atoms with Gasteiger partial charge in [0.15, 0.2) is 5.16 Å².